The second kappa shape index (κ2) is 7.40. The second-order valence-electron chi connectivity index (χ2n) is 3.41. The quantitative estimate of drug-likeness (QED) is 0.524. The first-order chi connectivity index (χ1) is 8.24. The number of anilines is 1. The van der Waals surface area contributed by atoms with Gasteiger partial charge in [-0.1, -0.05) is 6.08 Å². The number of nitrogens with one attached hydrogen (secondary N) is 1. The molecule has 1 heterocycles. The SMILES string of the molecule is C=CCCOCCNc1ccnc(C(N)=O)c1. The van der Waals surface area contributed by atoms with Gasteiger partial charge in [-0.15, -0.1) is 6.58 Å². The van der Waals surface area contributed by atoms with Gasteiger partial charge < -0.3 is 15.8 Å². The Hall–Kier alpha value is -1.88. The van der Waals surface area contributed by atoms with Gasteiger partial charge in [0.2, 0.25) is 0 Å². The summed E-state index contributed by atoms with van der Waals surface area (Å²) in [7, 11) is 0. The summed E-state index contributed by atoms with van der Waals surface area (Å²) in [6, 6.07) is 3.39. The fourth-order valence-corrected chi connectivity index (χ4v) is 1.21. The van der Waals surface area contributed by atoms with Crippen LogP contribution in [0.25, 0.3) is 0 Å². The number of primary amides is 1. The van der Waals surface area contributed by atoms with Gasteiger partial charge in [-0.05, 0) is 18.6 Å². The molecule has 0 unspecified atom stereocenters. The number of carbonyl (C=O) groups excluding carboxylic acids is 1. The molecule has 0 spiro atoms. The Morgan fingerprint density at radius 1 is 1.59 bits per heavy atom. The highest BCUT2D eigenvalue weighted by Crippen LogP contribution is 2.06. The van der Waals surface area contributed by atoms with Crippen LogP contribution in [-0.4, -0.2) is 30.6 Å². The van der Waals surface area contributed by atoms with E-state index in [1.807, 2.05) is 6.08 Å². The average Bonchev–Trinajstić information content (AvgIpc) is 2.34. The monoisotopic (exact) mass is 235 g/mol. The molecule has 0 saturated carbocycles. The van der Waals surface area contributed by atoms with Crippen LogP contribution in [0.2, 0.25) is 0 Å². The molecule has 0 saturated heterocycles. The van der Waals surface area contributed by atoms with E-state index in [1.54, 1.807) is 18.3 Å². The van der Waals surface area contributed by atoms with Gasteiger partial charge in [0.1, 0.15) is 5.69 Å². The summed E-state index contributed by atoms with van der Waals surface area (Å²) in [5.74, 6) is -0.532. The minimum atomic E-state index is -0.532. The third kappa shape index (κ3) is 5.12. The molecule has 0 atom stereocenters. The lowest BCUT2D eigenvalue weighted by Crippen LogP contribution is -2.14. The number of rotatable bonds is 8. The van der Waals surface area contributed by atoms with E-state index in [9.17, 15) is 4.79 Å². The van der Waals surface area contributed by atoms with Crippen molar-refractivity contribution in [3.8, 4) is 0 Å². The molecule has 0 radical (unpaired) electrons. The van der Waals surface area contributed by atoms with Crippen molar-refractivity contribution in [2.24, 2.45) is 5.73 Å². The molecule has 0 aromatic carbocycles. The Bertz CT molecular complexity index is 380. The van der Waals surface area contributed by atoms with Crippen molar-refractivity contribution in [1.82, 2.24) is 4.98 Å². The maximum absolute atomic E-state index is 10.9. The molecule has 5 heteroatoms. The van der Waals surface area contributed by atoms with E-state index < -0.39 is 5.91 Å². The van der Waals surface area contributed by atoms with Gasteiger partial charge in [0, 0.05) is 18.4 Å². The number of ether oxygens (including phenoxy) is 1. The number of carbonyl (C=O) groups is 1. The third-order valence-corrected chi connectivity index (χ3v) is 2.05. The number of nitrogens with zero attached hydrogens (tertiary/aromatic N) is 1. The van der Waals surface area contributed by atoms with E-state index in [0.717, 1.165) is 12.1 Å². The summed E-state index contributed by atoms with van der Waals surface area (Å²) in [5.41, 5.74) is 6.19. The van der Waals surface area contributed by atoms with Gasteiger partial charge in [-0.2, -0.15) is 0 Å². The first-order valence-corrected chi connectivity index (χ1v) is 5.42. The van der Waals surface area contributed by atoms with E-state index in [-0.39, 0.29) is 5.69 Å². The van der Waals surface area contributed by atoms with Gasteiger partial charge in [0.05, 0.1) is 13.2 Å². The molecule has 0 bridgehead atoms. The third-order valence-electron chi connectivity index (χ3n) is 2.05. The van der Waals surface area contributed by atoms with Gasteiger partial charge >= 0.3 is 0 Å². The molecule has 0 fully saturated rings. The Labute approximate surface area is 101 Å². The number of amides is 1. The zero-order valence-electron chi connectivity index (χ0n) is 9.69. The fourth-order valence-electron chi connectivity index (χ4n) is 1.21. The van der Waals surface area contributed by atoms with Crippen LogP contribution >= 0.6 is 0 Å². The molecule has 0 aliphatic carbocycles. The minimum absolute atomic E-state index is 0.252. The van der Waals surface area contributed by atoms with Crippen LogP contribution in [0, 0.1) is 0 Å². The molecule has 3 N–H and O–H groups in total. The van der Waals surface area contributed by atoms with Crippen LogP contribution in [0.15, 0.2) is 31.0 Å². The number of nitrogens with two attached hydrogens (primary N) is 1. The van der Waals surface area contributed by atoms with Crippen molar-refractivity contribution in [2.45, 2.75) is 6.42 Å². The normalized spacial score (nSPS) is 9.88. The highest BCUT2D eigenvalue weighted by atomic mass is 16.5. The Balaban J connectivity index is 2.29. The van der Waals surface area contributed by atoms with Crippen molar-refractivity contribution in [1.29, 1.82) is 0 Å². The van der Waals surface area contributed by atoms with Crippen molar-refractivity contribution in [3.63, 3.8) is 0 Å². The molecule has 1 rings (SSSR count). The largest absolute Gasteiger partial charge is 0.383 e. The van der Waals surface area contributed by atoms with Crippen LogP contribution in [-0.2, 0) is 4.74 Å². The lowest BCUT2D eigenvalue weighted by Gasteiger charge is -2.07. The van der Waals surface area contributed by atoms with E-state index in [0.29, 0.717) is 19.8 Å². The topological polar surface area (TPSA) is 77.2 Å². The van der Waals surface area contributed by atoms with Crippen LogP contribution in [0.4, 0.5) is 5.69 Å². The molecule has 1 aromatic rings. The van der Waals surface area contributed by atoms with Crippen molar-refractivity contribution in [2.75, 3.05) is 25.1 Å². The van der Waals surface area contributed by atoms with Gasteiger partial charge in [-0.3, -0.25) is 9.78 Å². The summed E-state index contributed by atoms with van der Waals surface area (Å²) in [6.45, 7) is 5.55. The molecular weight excluding hydrogens is 218 g/mol. The molecule has 1 amide bonds. The van der Waals surface area contributed by atoms with E-state index in [4.69, 9.17) is 10.5 Å². The van der Waals surface area contributed by atoms with Gasteiger partial charge in [-0.25, -0.2) is 0 Å². The van der Waals surface area contributed by atoms with Crippen molar-refractivity contribution < 1.29 is 9.53 Å². The highest BCUT2D eigenvalue weighted by molar-refractivity contribution is 5.91. The van der Waals surface area contributed by atoms with Crippen molar-refractivity contribution in [3.05, 3.63) is 36.7 Å². The Morgan fingerprint density at radius 3 is 3.12 bits per heavy atom. The minimum Gasteiger partial charge on any atom is -0.383 e. The number of aromatic nitrogens is 1. The second-order valence-corrected chi connectivity index (χ2v) is 3.41. The maximum atomic E-state index is 10.9. The summed E-state index contributed by atoms with van der Waals surface area (Å²) in [4.78, 5) is 14.8. The Kier molecular flexibility index (Phi) is 5.74. The molecule has 0 aliphatic heterocycles. The summed E-state index contributed by atoms with van der Waals surface area (Å²) < 4.78 is 5.33. The first-order valence-electron chi connectivity index (χ1n) is 5.42. The molecule has 92 valence electrons. The number of pyridine rings is 1. The first kappa shape index (κ1) is 13.2. The van der Waals surface area contributed by atoms with Crippen LogP contribution < -0.4 is 11.1 Å². The van der Waals surface area contributed by atoms with Crippen LogP contribution in [0.5, 0.6) is 0 Å². The summed E-state index contributed by atoms with van der Waals surface area (Å²) >= 11 is 0. The predicted molar refractivity (Wildman–Crippen MR) is 66.9 cm³/mol. The molecule has 1 aromatic heterocycles. The zero-order valence-corrected chi connectivity index (χ0v) is 9.69. The van der Waals surface area contributed by atoms with E-state index in [1.165, 1.54) is 0 Å². The Morgan fingerprint density at radius 2 is 2.41 bits per heavy atom. The zero-order chi connectivity index (χ0) is 12.5. The highest BCUT2D eigenvalue weighted by Gasteiger charge is 2.01. The fraction of sp³-hybridized carbons (Fsp3) is 0.333. The van der Waals surface area contributed by atoms with Gasteiger partial charge in [0.25, 0.3) is 5.91 Å². The van der Waals surface area contributed by atoms with Crippen LogP contribution in [0.1, 0.15) is 16.9 Å². The summed E-state index contributed by atoms with van der Waals surface area (Å²) in [5, 5.41) is 3.12. The van der Waals surface area contributed by atoms with E-state index >= 15 is 0 Å². The lowest BCUT2D eigenvalue weighted by molar-refractivity contribution is 0.0995. The predicted octanol–water partition coefficient (Wildman–Crippen LogP) is 1.19. The molecule has 0 aliphatic rings. The molecule has 5 nitrogen and oxygen atoms in total. The smallest absolute Gasteiger partial charge is 0.267 e. The molecule has 17 heavy (non-hydrogen) atoms. The average molecular weight is 235 g/mol. The van der Waals surface area contributed by atoms with Crippen molar-refractivity contribution >= 4 is 11.6 Å². The summed E-state index contributed by atoms with van der Waals surface area (Å²) in [6.07, 6.45) is 4.21. The number of hydrogen-bond donors (Lipinski definition) is 2. The van der Waals surface area contributed by atoms with Crippen LogP contribution in [0.3, 0.4) is 0 Å². The maximum Gasteiger partial charge on any atom is 0.267 e. The molecular formula is C12H17N3O2. The van der Waals surface area contributed by atoms with Gasteiger partial charge in [0.15, 0.2) is 0 Å². The lowest BCUT2D eigenvalue weighted by atomic mass is 10.3. The van der Waals surface area contributed by atoms with E-state index in [2.05, 4.69) is 16.9 Å². The standard InChI is InChI=1S/C12H17N3O2/c1-2-3-7-17-8-6-14-10-4-5-15-11(9-10)12(13)16/h2,4-5,9H,1,3,6-8H2,(H2,13,16)(H,14,15). The number of hydrogen-bond acceptors (Lipinski definition) is 4.